The lowest BCUT2D eigenvalue weighted by Gasteiger charge is -2.06. The van der Waals surface area contributed by atoms with Crippen LogP contribution in [-0.4, -0.2) is 12.5 Å². The van der Waals surface area contributed by atoms with Gasteiger partial charge in [0.15, 0.2) is 0 Å². The fourth-order valence-electron chi connectivity index (χ4n) is 1.28. The Balaban J connectivity index is 2.52. The molecule has 0 heterocycles. The molecule has 0 aliphatic rings. The van der Waals surface area contributed by atoms with Crippen molar-refractivity contribution in [3.05, 3.63) is 46.5 Å². The number of nitriles is 1. The molecule has 0 aliphatic heterocycles. The number of nitrogens with zero attached hydrogens (tertiary/aromatic N) is 1. The Labute approximate surface area is 106 Å². The lowest BCUT2D eigenvalue weighted by Crippen LogP contribution is -2.21. The van der Waals surface area contributed by atoms with Crippen molar-refractivity contribution in [2.24, 2.45) is 5.73 Å². The molecule has 0 bridgehead atoms. The van der Waals surface area contributed by atoms with E-state index in [2.05, 4.69) is 17.9 Å². The van der Waals surface area contributed by atoms with Gasteiger partial charge in [-0.3, -0.25) is 4.79 Å². The van der Waals surface area contributed by atoms with E-state index in [9.17, 15) is 4.79 Å². The van der Waals surface area contributed by atoms with E-state index in [0.717, 1.165) is 6.42 Å². The van der Waals surface area contributed by atoms with E-state index in [1.165, 1.54) is 5.56 Å². The zero-order valence-electron chi connectivity index (χ0n) is 9.18. The van der Waals surface area contributed by atoms with Gasteiger partial charge in [-0.15, -0.1) is 12.6 Å². The van der Waals surface area contributed by atoms with Gasteiger partial charge in [0, 0.05) is 6.54 Å². The largest absolute Gasteiger partial charge is 0.378 e. The molecule has 88 valence electrons. The van der Waals surface area contributed by atoms with E-state index in [0.29, 0.717) is 6.54 Å². The predicted molar refractivity (Wildman–Crippen MR) is 69.0 cm³/mol. The average Bonchev–Trinajstić information content (AvgIpc) is 2.30. The minimum atomic E-state index is -0.773. The molecule has 0 aliphatic carbocycles. The SMILES string of the molecule is N#C/C(C(N)=O)=C(/S)NCCc1ccccc1. The Kier molecular flexibility index (Phi) is 5.11. The summed E-state index contributed by atoms with van der Waals surface area (Å²) in [5.41, 5.74) is 6.04. The standard InChI is InChI=1S/C12H13N3OS/c13-8-10(11(14)16)12(17)15-7-6-9-4-2-1-3-5-9/h1-5,15,17H,6-7H2,(H2,14,16)/b12-10-. The third kappa shape index (κ3) is 4.21. The number of amides is 1. The number of hydrogen-bond acceptors (Lipinski definition) is 4. The Morgan fingerprint density at radius 1 is 1.41 bits per heavy atom. The van der Waals surface area contributed by atoms with Crippen molar-refractivity contribution in [1.82, 2.24) is 5.32 Å². The molecule has 0 radical (unpaired) electrons. The fraction of sp³-hybridized carbons (Fsp3) is 0.167. The number of hydrogen-bond donors (Lipinski definition) is 3. The molecule has 0 aromatic heterocycles. The van der Waals surface area contributed by atoms with E-state index < -0.39 is 5.91 Å². The third-order valence-corrected chi connectivity index (χ3v) is 2.53. The maximum atomic E-state index is 10.9. The molecule has 1 aromatic carbocycles. The molecule has 1 rings (SSSR count). The minimum Gasteiger partial charge on any atom is -0.378 e. The summed E-state index contributed by atoms with van der Waals surface area (Å²) in [6.45, 7) is 0.585. The molecular formula is C12H13N3OS. The first-order valence-corrected chi connectivity index (χ1v) is 5.51. The second-order valence-electron chi connectivity index (χ2n) is 3.36. The van der Waals surface area contributed by atoms with Crippen molar-refractivity contribution in [1.29, 1.82) is 5.26 Å². The Bertz CT molecular complexity index is 462. The van der Waals surface area contributed by atoms with E-state index in [1.54, 1.807) is 6.07 Å². The molecule has 0 saturated carbocycles. The number of thiol groups is 1. The number of nitrogens with two attached hydrogens (primary N) is 1. The van der Waals surface area contributed by atoms with Crippen molar-refractivity contribution >= 4 is 18.5 Å². The summed E-state index contributed by atoms with van der Waals surface area (Å²) in [5, 5.41) is 11.8. The Morgan fingerprint density at radius 2 is 2.06 bits per heavy atom. The first-order valence-electron chi connectivity index (χ1n) is 5.06. The number of carbonyl (C=O) groups excluding carboxylic acids is 1. The molecule has 0 atom stereocenters. The van der Waals surface area contributed by atoms with Crippen LogP contribution in [0.2, 0.25) is 0 Å². The molecule has 4 nitrogen and oxygen atoms in total. The second-order valence-corrected chi connectivity index (χ2v) is 3.81. The van der Waals surface area contributed by atoms with Crippen LogP contribution in [0.5, 0.6) is 0 Å². The first-order chi connectivity index (χ1) is 8.15. The lowest BCUT2D eigenvalue weighted by atomic mass is 10.1. The van der Waals surface area contributed by atoms with E-state index in [4.69, 9.17) is 11.0 Å². The van der Waals surface area contributed by atoms with E-state index in [-0.39, 0.29) is 10.6 Å². The highest BCUT2D eigenvalue weighted by Gasteiger charge is 2.08. The summed E-state index contributed by atoms with van der Waals surface area (Å²) >= 11 is 4.04. The molecule has 5 heteroatoms. The van der Waals surface area contributed by atoms with Crippen LogP contribution in [0.3, 0.4) is 0 Å². The van der Waals surface area contributed by atoms with Crippen LogP contribution in [0.4, 0.5) is 0 Å². The number of primary amides is 1. The van der Waals surface area contributed by atoms with Gasteiger partial charge in [0.2, 0.25) is 0 Å². The van der Waals surface area contributed by atoms with Gasteiger partial charge in [0.05, 0.1) is 5.03 Å². The fourth-order valence-corrected chi connectivity index (χ4v) is 1.56. The van der Waals surface area contributed by atoms with Gasteiger partial charge in [-0.25, -0.2) is 0 Å². The molecule has 17 heavy (non-hydrogen) atoms. The van der Waals surface area contributed by atoms with Crippen LogP contribution in [0, 0.1) is 11.3 Å². The molecule has 0 unspecified atom stereocenters. The monoisotopic (exact) mass is 247 g/mol. The first kappa shape index (κ1) is 13.1. The van der Waals surface area contributed by atoms with Crippen LogP contribution in [0.25, 0.3) is 0 Å². The minimum absolute atomic E-state index is 0.151. The van der Waals surface area contributed by atoms with E-state index in [1.807, 2.05) is 30.3 Å². The summed E-state index contributed by atoms with van der Waals surface area (Å²) < 4.78 is 0. The van der Waals surface area contributed by atoms with Crippen LogP contribution >= 0.6 is 12.6 Å². The van der Waals surface area contributed by atoms with Crippen LogP contribution < -0.4 is 11.1 Å². The lowest BCUT2D eigenvalue weighted by molar-refractivity contribution is -0.114. The van der Waals surface area contributed by atoms with Gasteiger partial charge in [-0.05, 0) is 12.0 Å². The number of carbonyl (C=O) groups is 1. The van der Waals surface area contributed by atoms with Crippen molar-refractivity contribution in [3.8, 4) is 6.07 Å². The van der Waals surface area contributed by atoms with Crippen molar-refractivity contribution in [2.45, 2.75) is 6.42 Å². The topological polar surface area (TPSA) is 78.9 Å². The maximum absolute atomic E-state index is 10.9. The van der Waals surface area contributed by atoms with Gasteiger partial charge >= 0.3 is 0 Å². The predicted octanol–water partition coefficient (Wildman–Crippen LogP) is 0.969. The maximum Gasteiger partial charge on any atom is 0.262 e. The summed E-state index contributed by atoms with van der Waals surface area (Å²) in [4.78, 5) is 10.9. The molecule has 1 aromatic rings. The van der Waals surface area contributed by atoms with Crippen LogP contribution in [0.15, 0.2) is 40.9 Å². The normalized spacial score (nSPS) is 11.3. The molecule has 3 N–H and O–H groups in total. The molecule has 0 saturated heterocycles. The summed E-state index contributed by atoms with van der Waals surface area (Å²) in [7, 11) is 0. The third-order valence-electron chi connectivity index (χ3n) is 2.14. The van der Waals surface area contributed by atoms with Gasteiger partial charge in [0.1, 0.15) is 11.6 Å². The number of rotatable bonds is 5. The molecule has 0 spiro atoms. The van der Waals surface area contributed by atoms with Gasteiger partial charge in [-0.1, -0.05) is 30.3 Å². The van der Waals surface area contributed by atoms with Crippen molar-refractivity contribution in [3.63, 3.8) is 0 Å². The molecule has 1 amide bonds. The zero-order chi connectivity index (χ0) is 12.7. The highest BCUT2D eigenvalue weighted by atomic mass is 32.1. The van der Waals surface area contributed by atoms with Crippen LogP contribution in [0.1, 0.15) is 5.56 Å². The summed E-state index contributed by atoms with van der Waals surface area (Å²) in [5.74, 6) is -0.773. The summed E-state index contributed by atoms with van der Waals surface area (Å²) in [6.07, 6.45) is 0.780. The summed E-state index contributed by atoms with van der Waals surface area (Å²) in [6, 6.07) is 11.6. The zero-order valence-corrected chi connectivity index (χ0v) is 10.1. The van der Waals surface area contributed by atoms with Crippen LogP contribution in [-0.2, 0) is 11.2 Å². The molecular weight excluding hydrogens is 234 g/mol. The smallest absolute Gasteiger partial charge is 0.262 e. The van der Waals surface area contributed by atoms with Crippen molar-refractivity contribution < 1.29 is 4.79 Å². The average molecular weight is 247 g/mol. The number of nitrogens with one attached hydrogen (secondary N) is 1. The van der Waals surface area contributed by atoms with Crippen molar-refractivity contribution in [2.75, 3.05) is 6.54 Å². The Morgan fingerprint density at radius 3 is 2.59 bits per heavy atom. The highest BCUT2D eigenvalue weighted by molar-refractivity contribution is 7.84. The highest BCUT2D eigenvalue weighted by Crippen LogP contribution is 2.05. The molecule has 0 fully saturated rings. The van der Waals surface area contributed by atoms with Gasteiger partial charge in [-0.2, -0.15) is 5.26 Å². The Hall–Kier alpha value is -1.93. The van der Waals surface area contributed by atoms with Gasteiger partial charge < -0.3 is 11.1 Å². The van der Waals surface area contributed by atoms with E-state index >= 15 is 0 Å². The quantitative estimate of drug-likeness (QED) is 0.412. The number of benzene rings is 1. The van der Waals surface area contributed by atoms with Gasteiger partial charge in [0.25, 0.3) is 5.91 Å². The second kappa shape index (κ2) is 6.61.